The molecule has 0 amide bonds. The Hall–Kier alpha value is -3.34. The summed E-state index contributed by atoms with van der Waals surface area (Å²) in [5, 5.41) is 0. The van der Waals surface area contributed by atoms with Crippen molar-refractivity contribution in [2.45, 2.75) is 24.0 Å². The molecule has 0 bridgehead atoms. The lowest BCUT2D eigenvalue weighted by Crippen LogP contribution is -2.32. The minimum atomic E-state index is -4.62. The Morgan fingerprint density at radius 1 is 0.889 bits per heavy atom. The van der Waals surface area contributed by atoms with E-state index < -0.39 is 61.3 Å². The molecular formula is C25H18F7NO2S. The molecule has 190 valence electrons. The minimum absolute atomic E-state index is 0.0434. The monoisotopic (exact) mass is 529 g/mol. The van der Waals surface area contributed by atoms with Crippen LogP contribution < -0.4 is 4.90 Å². The van der Waals surface area contributed by atoms with Gasteiger partial charge in [0.05, 0.1) is 22.9 Å². The number of rotatable bonds is 4. The van der Waals surface area contributed by atoms with Crippen molar-refractivity contribution in [3.8, 4) is 11.1 Å². The minimum Gasteiger partial charge on any atom is -0.360 e. The van der Waals surface area contributed by atoms with E-state index in [0.717, 1.165) is 12.1 Å². The van der Waals surface area contributed by atoms with Gasteiger partial charge in [-0.05, 0) is 30.2 Å². The first-order chi connectivity index (χ1) is 16.7. The smallest absolute Gasteiger partial charge is 0.360 e. The zero-order chi connectivity index (χ0) is 26.6. The third-order valence-electron chi connectivity index (χ3n) is 5.99. The molecule has 0 aromatic heterocycles. The van der Waals surface area contributed by atoms with Crippen molar-refractivity contribution in [3.05, 3.63) is 88.5 Å². The van der Waals surface area contributed by atoms with Gasteiger partial charge in [-0.2, -0.15) is 13.2 Å². The van der Waals surface area contributed by atoms with Crippen LogP contribution in [0.2, 0.25) is 0 Å². The fourth-order valence-corrected chi connectivity index (χ4v) is 5.13. The van der Waals surface area contributed by atoms with Crippen molar-refractivity contribution in [2.24, 2.45) is 0 Å². The first kappa shape index (κ1) is 25.7. The Kier molecular flexibility index (Phi) is 6.40. The van der Waals surface area contributed by atoms with Crippen LogP contribution in [0.1, 0.15) is 29.7 Å². The van der Waals surface area contributed by atoms with Gasteiger partial charge in [-0.25, -0.2) is 26.0 Å². The molecule has 0 spiro atoms. The van der Waals surface area contributed by atoms with Crippen molar-refractivity contribution in [2.75, 3.05) is 17.7 Å². The summed E-state index contributed by atoms with van der Waals surface area (Å²) in [5.41, 5.74) is -0.146. The summed E-state index contributed by atoms with van der Waals surface area (Å²) in [6.45, 7) is 1.33. The number of para-hydroxylation sites is 1. The molecule has 3 aromatic rings. The van der Waals surface area contributed by atoms with Crippen molar-refractivity contribution < 1.29 is 39.2 Å². The predicted molar refractivity (Wildman–Crippen MR) is 121 cm³/mol. The second-order valence-corrected chi connectivity index (χ2v) is 10.3. The van der Waals surface area contributed by atoms with E-state index in [1.807, 2.05) is 0 Å². The predicted octanol–water partition coefficient (Wildman–Crippen LogP) is 6.93. The highest BCUT2D eigenvalue weighted by atomic mass is 32.2. The molecule has 1 heterocycles. The Balaban J connectivity index is 1.87. The van der Waals surface area contributed by atoms with Crippen LogP contribution in [0.5, 0.6) is 0 Å². The standard InChI is InChI=1S/C25H18F7NO2S/c1-13(18-19(26)21(28)24(36(2,34)35)22(29)20(18)27)33-12-4-6-15-5-3-7-17(23(15)33)14-8-10-16(11-9-14)25(30,31)32/h3-11,13H,12H2,1-2H3. The van der Waals surface area contributed by atoms with Crippen LogP contribution in [0.4, 0.5) is 36.4 Å². The molecule has 0 aliphatic carbocycles. The number of alkyl halides is 3. The van der Waals surface area contributed by atoms with E-state index in [4.69, 9.17) is 0 Å². The lowest BCUT2D eigenvalue weighted by atomic mass is 9.94. The average Bonchev–Trinajstić information content (AvgIpc) is 2.81. The molecule has 3 aromatic carbocycles. The highest BCUT2D eigenvalue weighted by molar-refractivity contribution is 7.90. The normalized spacial score (nSPS) is 14.6. The van der Waals surface area contributed by atoms with Crippen LogP contribution >= 0.6 is 0 Å². The first-order valence-corrected chi connectivity index (χ1v) is 12.4. The molecule has 0 radical (unpaired) electrons. The molecule has 1 aliphatic heterocycles. The molecular weight excluding hydrogens is 511 g/mol. The van der Waals surface area contributed by atoms with Gasteiger partial charge in [0.1, 0.15) is 4.90 Å². The van der Waals surface area contributed by atoms with Crippen LogP contribution in [-0.2, 0) is 16.0 Å². The number of nitrogens with zero attached hydrogens (tertiary/aromatic N) is 1. The quantitative estimate of drug-likeness (QED) is 0.272. The lowest BCUT2D eigenvalue weighted by molar-refractivity contribution is -0.137. The van der Waals surface area contributed by atoms with Crippen molar-refractivity contribution >= 4 is 21.6 Å². The summed E-state index contributed by atoms with van der Waals surface area (Å²) >= 11 is 0. The van der Waals surface area contributed by atoms with E-state index in [-0.39, 0.29) is 6.54 Å². The first-order valence-electron chi connectivity index (χ1n) is 10.5. The summed E-state index contributed by atoms with van der Waals surface area (Å²) in [7, 11) is -4.62. The van der Waals surface area contributed by atoms with E-state index >= 15 is 0 Å². The van der Waals surface area contributed by atoms with Gasteiger partial charge in [-0.15, -0.1) is 0 Å². The second-order valence-electron chi connectivity index (χ2n) is 8.32. The number of halogens is 7. The van der Waals surface area contributed by atoms with Crippen LogP contribution in [-0.4, -0.2) is 21.2 Å². The number of benzene rings is 3. The third kappa shape index (κ3) is 4.36. The Bertz CT molecular complexity index is 1450. The van der Waals surface area contributed by atoms with Gasteiger partial charge in [0.15, 0.2) is 33.1 Å². The molecule has 1 atom stereocenters. The van der Waals surface area contributed by atoms with E-state index in [0.29, 0.717) is 28.6 Å². The zero-order valence-electron chi connectivity index (χ0n) is 18.8. The molecule has 0 saturated heterocycles. The highest BCUT2D eigenvalue weighted by Gasteiger charge is 2.36. The molecule has 0 fully saturated rings. The second kappa shape index (κ2) is 8.95. The lowest BCUT2D eigenvalue weighted by Gasteiger charge is -2.36. The Morgan fingerprint density at radius 2 is 1.47 bits per heavy atom. The molecule has 3 nitrogen and oxygen atoms in total. The maximum atomic E-state index is 15.0. The van der Waals surface area contributed by atoms with Gasteiger partial charge in [0.25, 0.3) is 0 Å². The summed E-state index contributed by atoms with van der Waals surface area (Å²) < 4.78 is 122. The molecule has 0 N–H and O–H groups in total. The van der Waals surface area contributed by atoms with Gasteiger partial charge < -0.3 is 4.90 Å². The fourth-order valence-electron chi connectivity index (χ4n) is 4.30. The topological polar surface area (TPSA) is 37.4 Å². The molecule has 1 unspecified atom stereocenters. The number of sulfone groups is 1. The van der Waals surface area contributed by atoms with E-state index in [9.17, 15) is 39.2 Å². The van der Waals surface area contributed by atoms with Crippen LogP contribution in [0.3, 0.4) is 0 Å². The Labute approximate surface area is 202 Å². The molecule has 1 aliphatic rings. The van der Waals surface area contributed by atoms with Gasteiger partial charge in [0, 0.05) is 18.4 Å². The molecule has 0 saturated carbocycles. The van der Waals surface area contributed by atoms with E-state index in [1.165, 1.54) is 24.0 Å². The maximum absolute atomic E-state index is 15.0. The number of hydrogen-bond donors (Lipinski definition) is 0. The number of fused-ring (bicyclic) bond motifs is 1. The van der Waals surface area contributed by atoms with Crippen molar-refractivity contribution in [1.82, 2.24) is 0 Å². The SMILES string of the molecule is CC(c1c(F)c(F)c(S(C)(=O)=O)c(F)c1F)N1CC=Cc2cccc(-c3ccc(C(F)(F)F)cc3)c21. The van der Waals surface area contributed by atoms with Gasteiger partial charge in [-0.1, -0.05) is 42.5 Å². The van der Waals surface area contributed by atoms with Gasteiger partial charge in [-0.3, -0.25) is 0 Å². The summed E-state index contributed by atoms with van der Waals surface area (Å²) in [6, 6.07) is 7.87. The van der Waals surface area contributed by atoms with Crippen LogP contribution in [0, 0.1) is 23.3 Å². The zero-order valence-corrected chi connectivity index (χ0v) is 19.6. The third-order valence-corrected chi connectivity index (χ3v) is 7.09. The van der Waals surface area contributed by atoms with Crippen LogP contribution in [0.25, 0.3) is 17.2 Å². The summed E-state index contributed by atoms with van der Waals surface area (Å²) in [4.78, 5) is -0.263. The van der Waals surface area contributed by atoms with Gasteiger partial charge >= 0.3 is 6.18 Å². The van der Waals surface area contributed by atoms with E-state index in [1.54, 1.807) is 30.4 Å². The summed E-state index contributed by atoms with van der Waals surface area (Å²) in [6.07, 6.45) is -0.771. The highest BCUT2D eigenvalue weighted by Crippen LogP contribution is 2.43. The maximum Gasteiger partial charge on any atom is 0.416 e. The summed E-state index contributed by atoms with van der Waals surface area (Å²) in [5.74, 6) is -7.74. The largest absolute Gasteiger partial charge is 0.416 e. The van der Waals surface area contributed by atoms with Crippen molar-refractivity contribution in [1.29, 1.82) is 0 Å². The number of hydrogen-bond acceptors (Lipinski definition) is 3. The van der Waals surface area contributed by atoms with Crippen LogP contribution in [0.15, 0.2) is 53.4 Å². The fraction of sp³-hybridized carbons (Fsp3) is 0.200. The van der Waals surface area contributed by atoms with E-state index in [2.05, 4.69) is 0 Å². The number of anilines is 1. The molecule has 36 heavy (non-hydrogen) atoms. The average molecular weight is 529 g/mol. The van der Waals surface area contributed by atoms with Gasteiger partial charge in [0.2, 0.25) is 0 Å². The molecule has 11 heteroatoms. The molecule has 4 rings (SSSR count). The van der Waals surface area contributed by atoms with Crippen molar-refractivity contribution in [3.63, 3.8) is 0 Å². The Morgan fingerprint density at radius 3 is 2.00 bits per heavy atom.